The average Bonchev–Trinajstić information content (AvgIpc) is 2.73. The molecule has 0 aliphatic carbocycles. The molecule has 90 valence electrons. The van der Waals surface area contributed by atoms with Crippen molar-refractivity contribution in [1.29, 1.82) is 0 Å². The fourth-order valence-corrected chi connectivity index (χ4v) is 1.69. The highest BCUT2D eigenvalue weighted by molar-refractivity contribution is 5.19. The number of aromatic nitrogens is 4. The molecular formula is C12H16N4O. The monoisotopic (exact) mass is 232 g/mol. The van der Waals surface area contributed by atoms with E-state index in [4.69, 9.17) is 5.11 Å². The first-order chi connectivity index (χ1) is 8.19. The van der Waals surface area contributed by atoms with Crippen LogP contribution in [0.3, 0.4) is 0 Å². The number of aryl methyl sites for hydroxylation is 3. The number of aliphatic hydroxyl groups is 1. The fraction of sp³-hybridized carbons (Fsp3) is 0.417. The predicted molar refractivity (Wildman–Crippen MR) is 64.0 cm³/mol. The van der Waals surface area contributed by atoms with Gasteiger partial charge in [-0.05, 0) is 38.3 Å². The highest BCUT2D eigenvalue weighted by Crippen LogP contribution is 2.07. The van der Waals surface area contributed by atoms with Crippen molar-refractivity contribution in [3.05, 3.63) is 35.4 Å². The Labute approximate surface area is 100 Å². The van der Waals surface area contributed by atoms with Gasteiger partial charge in [-0.1, -0.05) is 0 Å². The lowest BCUT2D eigenvalue weighted by atomic mass is 10.2. The van der Waals surface area contributed by atoms with E-state index in [-0.39, 0.29) is 6.61 Å². The third kappa shape index (κ3) is 2.88. The third-order valence-corrected chi connectivity index (χ3v) is 2.44. The molecule has 0 fully saturated rings. The lowest BCUT2D eigenvalue weighted by molar-refractivity contribution is 0.288. The van der Waals surface area contributed by atoms with Crippen LogP contribution < -0.4 is 0 Å². The molecule has 0 aliphatic rings. The van der Waals surface area contributed by atoms with E-state index in [0.29, 0.717) is 5.95 Å². The van der Waals surface area contributed by atoms with Gasteiger partial charge in [-0.3, -0.25) is 0 Å². The summed E-state index contributed by atoms with van der Waals surface area (Å²) in [7, 11) is 0. The Hall–Kier alpha value is -1.75. The van der Waals surface area contributed by atoms with E-state index < -0.39 is 0 Å². The van der Waals surface area contributed by atoms with Crippen molar-refractivity contribution in [2.45, 2.75) is 26.7 Å². The van der Waals surface area contributed by atoms with E-state index in [2.05, 4.69) is 15.1 Å². The Morgan fingerprint density at radius 3 is 2.59 bits per heavy atom. The van der Waals surface area contributed by atoms with Crippen LogP contribution in [-0.2, 0) is 6.42 Å². The number of hydrogen-bond acceptors (Lipinski definition) is 4. The molecule has 5 nitrogen and oxygen atoms in total. The molecule has 2 aromatic rings. The average molecular weight is 232 g/mol. The molecule has 17 heavy (non-hydrogen) atoms. The van der Waals surface area contributed by atoms with E-state index in [0.717, 1.165) is 29.8 Å². The third-order valence-electron chi connectivity index (χ3n) is 2.44. The zero-order valence-electron chi connectivity index (χ0n) is 10.1. The summed E-state index contributed by atoms with van der Waals surface area (Å²) in [6, 6.07) is 1.93. The van der Waals surface area contributed by atoms with Crippen molar-refractivity contribution >= 4 is 0 Å². The zero-order chi connectivity index (χ0) is 12.3. The van der Waals surface area contributed by atoms with Crippen molar-refractivity contribution in [1.82, 2.24) is 19.7 Å². The standard InChI is InChI=1S/C12H16N4O/c1-9-6-10(2)15-12(14-9)16-8-11(7-13-16)4-3-5-17/h6-8,17H,3-5H2,1-2H3. The molecular weight excluding hydrogens is 216 g/mol. The lowest BCUT2D eigenvalue weighted by Crippen LogP contribution is -2.03. The van der Waals surface area contributed by atoms with Crippen LogP contribution in [0.15, 0.2) is 18.5 Å². The minimum Gasteiger partial charge on any atom is -0.396 e. The molecule has 0 atom stereocenters. The van der Waals surface area contributed by atoms with Crippen molar-refractivity contribution < 1.29 is 5.11 Å². The Kier molecular flexibility index (Phi) is 3.49. The summed E-state index contributed by atoms with van der Waals surface area (Å²) in [5.74, 6) is 0.595. The molecule has 2 aromatic heterocycles. The highest BCUT2D eigenvalue weighted by atomic mass is 16.2. The quantitative estimate of drug-likeness (QED) is 0.860. The van der Waals surface area contributed by atoms with Gasteiger partial charge < -0.3 is 5.11 Å². The first-order valence-corrected chi connectivity index (χ1v) is 5.66. The van der Waals surface area contributed by atoms with Gasteiger partial charge >= 0.3 is 0 Å². The van der Waals surface area contributed by atoms with Crippen LogP contribution in [-0.4, -0.2) is 31.5 Å². The van der Waals surface area contributed by atoms with Crippen LogP contribution >= 0.6 is 0 Å². The van der Waals surface area contributed by atoms with Gasteiger partial charge in [-0.25, -0.2) is 14.6 Å². The molecule has 0 radical (unpaired) electrons. The van der Waals surface area contributed by atoms with Gasteiger partial charge in [0.25, 0.3) is 5.95 Å². The molecule has 5 heteroatoms. The largest absolute Gasteiger partial charge is 0.396 e. The van der Waals surface area contributed by atoms with Gasteiger partial charge in [-0.2, -0.15) is 5.10 Å². The number of hydrogen-bond donors (Lipinski definition) is 1. The zero-order valence-corrected chi connectivity index (χ0v) is 10.1. The van der Waals surface area contributed by atoms with Crippen LogP contribution in [0.1, 0.15) is 23.4 Å². The molecule has 0 saturated heterocycles. The Balaban J connectivity index is 2.24. The molecule has 1 N–H and O–H groups in total. The van der Waals surface area contributed by atoms with Crippen LogP contribution in [0.2, 0.25) is 0 Å². The molecule has 0 amide bonds. The smallest absolute Gasteiger partial charge is 0.250 e. The van der Waals surface area contributed by atoms with Gasteiger partial charge in [0.15, 0.2) is 0 Å². The second-order valence-electron chi connectivity index (χ2n) is 4.07. The lowest BCUT2D eigenvalue weighted by Gasteiger charge is -2.02. The summed E-state index contributed by atoms with van der Waals surface area (Å²) in [6.07, 6.45) is 5.27. The number of rotatable bonds is 4. The molecule has 0 aliphatic heterocycles. The Morgan fingerprint density at radius 1 is 1.24 bits per heavy atom. The molecule has 0 bridgehead atoms. The second kappa shape index (κ2) is 5.05. The molecule has 0 aromatic carbocycles. The van der Waals surface area contributed by atoms with E-state index in [1.807, 2.05) is 26.1 Å². The number of nitrogens with zero attached hydrogens (tertiary/aromatic N) is 4. The molecule has 0 spiro atoms. The summed E-state index contributed by atoms with van der Waals surface area (Å²) < 4.78 is 1.67. The molecule has 0 saturated carbocycles. The highest BCUT2D eigenvalue weighted by Gasteiger charge is 2.04. The molecule has 0 unspecified atom stereocenters. The van der Waals surface area contributed by atoms with Crippen molar-refractivity contribution in [3.8, 4) is 5.95 Å². The maximum absolute atomic E-state index is 8.77. The van der Waals surface area contributed by atoms with E-state index in [1.165, 1.54) is 0 Å². The summed E-state index contributed by atoms with van der Waals surface area (Å²) in [5, 5.41) is 13.0. The van der Waals surface area contributed by atoms with Crippen molar-refractivity contribution in [2.75, 3.05) is 6.61 Å². The van der Waals surface area contributed by atoms with Crippen molar-refractivity contribution in [3.63, 3.8) is 0 Å². The van der Waals surface area contributed by atoms with Crippen LogP contribution in [0, 0.1) is 13.8 Å². The van der Waals surface area contributed by atoms with Crippen molar-refractivity contribution in [2.24, 2.45) is 0 Å². The molecule has 2 rings (SSSR count). The number of aliphatic hydroxyl groups excluding tert-OH is 1. The van der Waals surface area contributed by atoms with Crippen LogP contribution in [0.25, 0.3) is 5.95 Å². The van der Waals surface area contributed by atoms with Crippen LogP contribution in [0.5, 0.6) is 0 Å². The predicted octanol–water partition coefficient (Wildman–Crippen LogP) is 1.20. The van der Waals surface area contributed by atoms with Gasteiger partial charge in [-0.15, -0.1) is 0 Å². The molecule has 2 heterocycles. The first kappa shape index (κ1) is 11.7. The van der Waals surface area contributed by atoms with Gasteiger partial charge in [0, 0.05) is 24.2 Å². The summed E-state index contributed by atoms with van der Waals surface area (Å²) in [4.78, 5) is 8.68. The summed E-state index contributed by atoms with van der Waals surface area (Å²) >= 11 is 0. The van der Waals surface area contributed by atoms with E-state index >= 15 is 0 Å². The summed E-state index contributed by atoms with van der Waals surface area (Å²) in [6.45, 7) is 4.08. The SMILES string of the molecule is Cc1cc(C)nc(-n2cc(CCCO)cn2)n1. The topological polar surface area (TPSA) is 63.8 Å². The first-order valence-electron chi connectivity index (χ1n) is 5.66. The Bertz CT molecular complexity index is 487. The maximum atomic E-state index is 8.77. The fourth-order valence-electron chi connectivity index (χ4n) is 1.69. The minimum atomic E-state index is 0.200. The second-order valence-corrected chi connectivity index (χ2v) is 4.07. The van der Waals surface area contributed by atoms with Gasteiger partial charge in [0.05, 0.1) is 6.20 Å². The van der Waals surface area contributed by atoms with Gasteiger partial charge in [0.1, 0.15) is 0 Å². The van der Waals surface area contributed by atoms with E-state index in [9.17, 15) is 0 Å². The Morgan fingerprint density at radius 2 is 1.94 bits per heavy atom. The maximum Gasteiger partial charge on any atom is 0.250 e. The van der Waals surface area contributed by atoms with Gasteiger partial charge in [0.2, 0.25) is 0 Å². The normalized spacial score (nSPS) is 10.8. The van der Waals surface area contributed by atoms with E-state index in [1.54, 1.807) is 10.9 Å². The minimum absolute atomic E-state index is 0.200. The van der Waals surface area contributed by atoms with Crippen LogP contribution in [0.4, 0.5) is 0 Å². The summed E-state index contributed by atoms with van der Waals surface area (Å²) in [5.41, 5.74) is 2.95.